The zero-order valence-electron chi connectivity index (χ0n) is 51.6. The number of hydrogen-bond acceptors (Lipinski definition) is 31. The van der Waals surface area contributed by atoms with Crippen molar-refractivity contribution in [3.05, 3.63) is 0 Å². The minimum Gasteiger partial charge on any atom is -0.465 e. The zero-order valence-corrected chi connectivity index (χ0v) is 51.6. The van der Waals surface area contributed by atoms with E-state index in [1.165, 1.54) is 0 Å². The molecular formula is C53H75F3N4O31. The van der Waals surface area contributed by atoms with E-state index in [4.69, 9.17) is 75.8 Å². The van der Waals surface area contributed by atoms with E-state index in [9.17, 15) is 85.4 Å². The van der Waals surface area contributed by atoms with Crippen molar-refractivity contribution in [2.75, 3.05) is 47.2 Å². The molecule has 514 valence electrons. The van der Waals surface area contributed by atoms with Crippen LogP contribution in [0, 0.1) is 0 Å². The van der Waals surface area contributed by atoms with Crippen LogP contribution in [0.1, 0.15) is 95.4 Å². The van der Waals surface area contributed by atoms with Gasteiger partial charge in [-0.3, -0.25) is 57.5 Å². The molecule has 0 aliphatic carbocycles. The van der Waals surface area contributed by atoms with Gasteiger partial charge < -0.3 is 102 Å². The third kappa shape index (κ3) is 23.1. The Balaban J connectivity index is 2.49. The Morgan fingerprint density at radius 2 is 0.967 bits per heavy atom. The molecule has 3 rings (SSSR count). The SMILES string of the molecule is COC(=O)[C@@]1(O[C@H]2[C@@H](O)[C@@H](CO[C@]3(C(=O)OC)C[C@H](OC(C)=O)[C@@H](NC(C)=O)[C@H]([C@H](OC(C)=O)[C@@H](COC(C)=O)OC(C)=O)O3)O[C@H](OCCCNC(=O)C(F)(F)F)[C@@H]2NC(C)=O)C[C@H](OC(C)=O)[C@@H](NC(C)=O)[C@H]([C@H](OC(C)=O)[C@@H](COC(C)=O)OC(C)=O)O1. The highest BCUT2D eigenvalue weighted by atomic mass is 19.4. The van der Waals surface area contributed by atoms with Crippen LogP contribution >= 0.6 is 0 Å². The molecular weight excluding hydrogens is 1250 g/mol. The van der Waals surface area contributed by atoms with Crippen LogP contribution in [0.5, 0.6) is 0 Å². The van der Waals surface area contributed by atoms with Gasteiger partial charge in [-0.25, -0.2) is 9.59 Å². The number of esters is 10. The van der Waals surface area contributed by atoms with Gasteiger partial charge in [-0.05, 0) is 6.42 Å². The standard InChI is InChI=1S/C53H75F3N4O31/c1-22(61)58-38-33(82-27(6)66)17-51(49(74)76-12,90-45(38)42(86-31(10)70)36(84-29(8)68)19-79-25(4)64)81-21-35-41(72)44(40(60-24(3)63)47(88-35)78-16-14-15-57-48(73)53(54,55)56)89-52(50(75)77-13)18-34(83-28(7)67)39(59-23(2)62)46(91-52)43(87-32(11)71)37(85-30(9)69)20-80-26(5)65/h33-47,72H,14-21H2,1-13H3,(H,57,73)(H,58,61)(H,59,62)(H,60,63)/t33-,34-,35+,36+,37+,38+,39+,40+,41-,42+,43+,44+,45+,46+,47-,51+,52+/m0/s1. The summed E-state index contributed by atoms with van der Waals surface area (Å²) in [6, 6.07) is -5.52. The highest BCUT2D eigenvalue weighted by molar-refractivity contribution is 5.82. The number of amides is 4. The molecule has 4 amide bonds. The summed E-state index contributed by atoms with van der Waals surface area (Å²) in [5.41, 5.74) is 0. The van der Waals surface area contributed by atoms with E-state index in [2.05, 4.69) is 16.0 Å². The molecule has 0 bridgehead atoms. The van der Waals surface area contributed by atoms with Crippen LogP contribution in [-0.2, 0) is 143 Å². The van der Waals surface area contributed by atoms with Gasteiger partial charge >= 0.3 is 71.8 Å². The van der Waals surface area contributed by atoms with E-state index in [1.807, 2.05) is 0 Å². The van der Waals surface area contributed by atoms with Gasteiger partial charge in [0.05, 0.1) is 52.4 Å². The van der Waals surface area contributed by atoms with Crippen LogP contribution in [0.15, 0.2) is 0 Å². The van der Waals surface area contributed by atoms with Crippen LogP contribution in [-0.4, -0.2) is 245 Å². The maximum atomic E-state index is 14.7. The highest BCUT2D eigenvalue weighted by Crippen LogP contribution is 2.42. The number of alkyl halides is 3. The van der Waals surface area contributed by atoms with Gasteiger partial charge in [-0.2, -0.15) is 13.2 Å². The lowest BCUT2D eigenvalue weighted by Crippen LogP contribution is -2.73. The molecule has 3 aliphatic heterocycles. The summed E-state index contributed by atoms with van der Waals surface area (Å²) < 4.78 is 131. The molecule has 3 heterocycles. The zero-order chi connectivity index (χ0) is 69.0. The van der Waals surface area contributed by atoms with Crippen LogP contribution in [0.3, 0.4) is 0 Å². The number of hydrogen-bond donors (Lipinski definition) is 5. The van der Waals surface area contributed by atoms with Crippen molar-refractivity contribution < 1.29 is 161 Å². The van der Waals surface area contributed by atoms with Gasteiger partial charge in [-0.1, -0.05) is 0 Å². The van der Waals surface area contributed by atoms with Crippen molar-refractivity contribution in [2.45, 2.75) is 205 Å². The Morgan fingerprint density at radius 1 is 0.560 bits per heavy atom. The minimum atomic E-state index is -5.33. The number of rotatable bonds is 29. The fraction of sp³-hybridized carbons (Fsp3) is 0.736. The van der Waals surface area contributed by atoms with Gasteiger partial charge in [0, 0.05) is 82.7 Å². The predicted octanol–water partition coefficient (Wildman–Crippen LogP) is -2.89. The third-order valence-corrected chi connectivity index (χ3v) is 13.0. The number of methoxy groups -OCH3 is 2. The second kappa shape index (κ2) is 34.5. The van der Waals surface area contributed by atoms with Crippen LogP contribution in [0.2, 0.25) is 0 Å². The molecule has 3 fully saturated rings. The quantitative estimate of drug-likeness (QED) is 0.0285. The molecule has 38 heteroatoms. The average Bonchev–Trinajstić information content (AvgIpc) is 0.772. The summed E-state index contributed by atoms with van der Waals surface area (Å²) in [4.78, 5) is 181. The lowest BCUT2D eigenvalue weighted by Gasteiger charge is -2.52. The molecule has 0 aromatic heterocycles. The highest BCUT2D eigenvalue weighted by Gasteiger charge is 2.64. The first-order valence-electron chi connectivity index (χ1n) is 27.6. The Hall–Kier alpha value is -7.91. The minimum absolute atomic E-state index is 0.480. The van der Waals surface area contributed by atoms with Crippen molar-refractivity contribution in [3.63, 3.8) is 0 Å². The lowest BCUT2D eigenvalue weighted by molar-refractivity contribution is -0.363. The Morgan fingerprint density at radius 3 is 1.35 bits per heavy atom. The number of aliphatic hydroxyl groups excluding tert-OH is 1. The lowest BCUT2D eigenvalue weighted by atomic mass is 9.87. The number of halogens is 3. The summed E-state index contributed by atoms with van der Waals surface area (Å²) in [6.07, 6.45) is -33.0. The van der Waals surface area contributed by atoms with Crippen LogP contribution < -0.4 is 21.3 Å². The second-order valence-corrected chi connectivity index (χ2v) is 20.5. The largest absolute Gasteiger partial charge is 0.471 e. The van der Waals surface area contributed by atoms with Crippen LogP contribution in [0.25, 0.3) is 0 Å². The van der Waals surface area contributed by atoms with Gasteiger partial charge in [-0.15, -0.1) is 0 Å². The fourth-order valence-electron chi connectivity index (χ4n) is 9.80. The number of carbonyl (C=O) groups excluding carboxylic acids is 14. The van der Waals surface area contributed by atoms with Crippen LogP contribution in [0.4, 0.5) is 13.2 Å². The van der Waals surface area contributed by atoms with E-state index >= 15 is 0 Å². The normalized spacial score (nSPS) is 27.5. The summed E-state index contributed by atoms with van der Waals surface area (Å²) in [7, 11) is 1.57. The van der Waals surface area contributed by atoms with Crippen molar-refractivity contribution in [1.82, 2.24) is 21.3 Å². The molecule has 91 heavy (non-hydrogen) atoms. The van der Waals surface area contributed by atoms with Gasteiger partial charge in [0.15, 0.2) is 30.7 Å². The third-order valence-electron chi connectivity index (χ3n) is 13.0. The molecule has 0 radical (unpaired) electrons. The molecule has 0 unspecified atom stereocenters. The van der Waals surface area contributed by atoms with E-state index in [-0.39, 0.29) is 0 Å². The molecule has 5 N–H and O–H groups in total. The first-order chi connectivity index (χ1) is 42.3. The molecule has 0 aromatic rings. The number of carbonyl (C=O) groups is 14. The Bertz CT molecular complexity index is 2660. The molecule has 35 nitrogen and oxygen atoms in total. The van der Waals surface area contributed by atoms with E-state index in [0.29, 0.717) is 0 Å². The smallest absolute Gasteiger partial charge is 0.465 e. The number of aliphatic hydroxyl groups is 1. The average molecular weight is 1320 g/mol. The Kier molecular flexibility index (Phi) is 29.3. The number of nitrogens with one attached hydrogen (secondary N) is 4. The molecule has 0 aromatic carbocycles. The maximum Gasteiger partial charge on any atom is 0.471 e. The second-order valence-electron chi connectivity index (χ2n) is 20.5. The molecule has 0 spiro atoms. The monoisotopic (exact) mass is 1320 g/mol. The molecule has 3 aliphatic rings. The summed E-state index contributed by atoms with van der Waals surface area (Å²) in [6.45, 7) is 5.48. The first kappa shape index (κ1) is 77.3. The van der Waals surface area contributed by atoms with Gasteiger partial charge in [0.1, 0.15) is 62.0 Å². The topological polar surface area (TPSA) is 455 Å². The molecule has 17 atom stereocenters. The predicted molar refractivity (Wildman–Crippen MR) is 283 cm³/mol. The van der Waals surface area contributed by atoms with E-state index in [1.54, 1.807) is 5.32 Å². The molecule has 3 saturated heterocycles. The summed E-state index contributed by atoms with van der Waals surface area (Å²) in [5, 5.41) is 21.7. The van der Waals surface area contributed by atoms with Crippen molar-refractivity contribution >= 4 is 83.3 Å². The van der Waals surface area contributed by atoms with Crippen molar-refractivity contribution in [2.24, 2.45) is 0 Å². The van der Waals surface area contributed by atoms with Gasteiger partial charge in [0.25, 0.3) is 11.6 Å². The fourth-order valence-corrected chi connectivity index (χ4v) is 9.80. The Labute approximate surface area is 516 Å². The van der Waals surface area contributed by atoms with E-state index < -0.39 is 245 Å². The van der Waals surface area contributed by atoms with E-state index in [0.717, 1.165) is 90.4 Å². The van der Waals surface area contributed by atoms with Crippen molar-refractivity contribution in [1.29, 1.82) is 0 Å². The molecule has 0 saturated carbocycles. The first-order valence-corrected chi connectivity index (χ1v) is 27.6. The maximum absolute atomic E-state index is 14.7. The van der Waals surface area contributed by atoms with Crippen molar-refractivity contribution in [3.8, 4) is 0 Å². The summed E-state index contributed by atoms with van der Waals surface area (Å²) >= 11 is 0. The van der Waals surface area contributed by atoms with Gasteiger partial charge in [0.2, 0.25) is 17.7 Å². The number of ether oxygens (including phenoxy) is 16. The summed E-state index contributed by atoms with van der Waals surface area (Å²) in [5.74, 6) is -23.3.